The summed E-state index contributed by atoms with van der Waals surface area (Å²) >= 11 is 0. The Morgan fingerprint density at radius 1 is 0.889 bits per heavy atom. The Morgan fingerprint density at radius 3 is 2.52 bits per heavy atom. The molecular weight excluding hydrogens is 338 g/mol. The van der Waals surface area contributed by atoms with E-state index in [0.717, 1.165) is 30.0 Å². The number of hydrogen-bond donors (Lipinski definition) is 2. The van der Waals surface area contributed by atoms with Gasteiger partial charge < -0.3 is 15.4 Å². The van der Waals surface area contributed by atoms with Crippen molar-refractivity contribution in [1.29, 1.82) is 0 Å². The number of nitrogens with zero attached hydrogens (tertiary/aromatic N) is 3. The van der Waals surface area contributed by atoms with Crippen LogP contribution in [-0.2, 0) is 0 Å². The van der Waals surface area contributed by atoms with Crippen LogP contribution in [0, 0.1) is 0 Å². The Morgan fingerprint density at radius 2 is 1.67 bits per heavy atom. The van der Waals surface area contributed by atoms with Gasteiger partial charge in [0.2, 0.25) is 5.95 Å². The highest BCUT2D eigenvalue weighted by molar-refractivity contribution is 5.64. The molecule has 1 aromatic heterocycles. The van der Waals surface area contributed by atoms with Gasteiger partial charge in [-0.1, -0.05) is 49.6 Å². The third-order valence-electron chi connectivity index (χ3n) is 4.62. The minimum atomic E-state index is 0.435. The van der Waals surface area contributed by atoms with Crippen LogP contribution in [0.5, 0.6) is 11.5 Å². The maximum Gasteiger partial charge on any atom is 0.244 e. The molecule has 0 atom stereocenters. The van der Waals surface area contributed by atoms with Gasteiger partial charge in [-0.25, -0.2) is 0 Å². The quantitative estimate of drug-likeness (QED) is 0.632. The first kappa shape index (κ1) is 17.3. The van der Waals surface area contributed by atoms with E-state index in [0.29, 0.717) is 17.8 Å². The van der Waals surface area contributed by atoms with Gasteiger partial charge in [-0.2, -0.15) is 10.1 Å². The summed E-state index contributed by atoms with van der Waals surface area (Å²) in [5.41, 5.74) is 0.825. The van der Waals surface area contributed by atoms with E-state index in [9.17, 15) is 0 Å². The van der Waals surface area contributed by atoms with Crippen molar-refractivity contribution in [3.05, 3.63) is 60.8 Å². The number of hydrogen-bond acceptors (Lipinski definition) is 6. The molecular formula is C21H23N5O. The SMILES string of the molecule is c1ccc(Oc2ccccc2Nc2cnnc(NC3CCCCC3)n2)cc1. The molecule has 138 valence electrons. The van der Waals surface area contributed by atoms with E-state index >= 15 is 0 Å². The van der Waals surface area contributed by atoms with Crippen molar-refractivity contribution >= 4 is 17.5 Å². The molecule has 27 heavy (non-hydrogen) atoms. The van der Waals surface area contributed by atoms with Crippen LogP contribution < -0.4 is 15.4 Å². The Hall–Kier alpha value is -3.15. The van der Waals surface area contributed by atoms with Gasteiger partial charge in [-0.05, 0) is 37.1 Å². The number of benzene rings is 2. The Labute approximate surface area is 159 Å². The zero-order chi connectivity index (χ0) is 18.3. The maximum atomic E-state index is 5.99. The molecule has 2 aromatic carbocycles. The zero-order valence-electron chi connectivity index (χ0n) is 15.1. The van der Waals surface area contributed by atoms with Gasteiger partial charge in [0.05, 0.1) is 11.9 Å². The Balaban J connectivity index is 1.48. The highest BCUT2D eigenvalue weighted by atomic mass is 16.5. The van der Waals surface area contributed by atoms with Crippen LogP contribution in [0.4, 0.5) is 17.5 Å². The van der Waals surface area contributed by atoms with E-state index in [1.165, 1.54) is 19.3 Å². The largest absolute Gasteiger partial charge is 0.455 e. The number of ether oxygens (including phenoxy) is 1. The zero-order valence-corrected chi connectivity index (χ0v) is 15.1. The minimum Gasteiger partial charge on any atom is -0.455 e. The van der Waals surface area contributed by atoms with Crippen molar-refractivity contribution in [3.63, 3.8) is 0 Å². The molecule has 0 amide bonds. The predicted molar refractivity (Wildman–Crippen MR) is 107 cm³/mol. The van der Waals surface area contributed by atoms with Crippen molar-refractivity contribution in [1.82, 2.24) is 15.2 Å². The molecule has 0 spiro atoms. The highest BCUT2D eigenvalue weighted by Gasteiger charge is 2.15. The van der Waals surface area contributed by atoms with E-state index in [-0.39, 0.29) is 0 Å². The first-order valence-corrected chi connectivity index (χ1v) is 9.42. The molecule has 2 N–H and O–H groups in total. The van der Waals surface area contributed by atoms with Gasteiger partial charge in [0, 0.05) is 6.04 Å². The predicted octanol–water partition coefficient (Wildman–Crippen LogP) is 5.15. The fraction of sp³-hybridized carbons (Fsp3) is 0.286. The van der Waals surface area contributed by atoms with Crippen LogP contribution in [0.1, 0.15) is 32.1 Å². The first-order valence-electron chi connectivity index (χ1n) is 9.42. The van der Waals surface area contributed by atoms with Gasteiger partial charge in [-0.15, -0.1) is 5.10 Å². The first-order chi connectivity index (χ1) is 13.4. The van der Waals surface area contributed by atoms with Gasteiger partial charge >= 0.3 is 0 Å². The molecule has 0 aliphatic heterocycles. The van der Waals surface area contributed by atoms with Gasteiger partial charge in [0.25, 0.3) is 0 Å². The molecule has 0 unspecified atom stereocenters. The number of rotatable bonds is 6. The van der Waals surface area contributed by atoms with E-state index < -0.39 is 0 Å². The topological polar surface area (TPSA) is 72.0 Å². The summed E-state index contributed by atoms with van der Waals surface area (Å²) in [6, 6.07) is 17.9. The van der Waals surface area contributed by atoms with Crippen LogP contribution in [0.2, 0.25) is 0 Å². The van der Waals surface area contributed by atoms with E-state index in [1.807, 2.05) is 54.6 Å². The molecule has 1 aliphatic carbocycles. The summed E-state index contributed by atoms with van der Waals surface area (Å²) in [6.45, 7) is 0. The van der Waals surface area contributed by atoms with Crippen LogP contribution in [0.25, 0.3) is 0 Å². The molecule has 3 aromatic rings. The van der Waals surface area contributed by atoms with Crippen LogP contribution >= 0.6 is 0 Å². The summed E-state index contributed by atoms with van der Waals surface area (Å²) in [5, 5.41) is 14.9. The summed E-state index contributed by atoms with van der Waals surface area (Å²) in [7, 11) is 0. The Kier molecular flexibility index (Phi) is 5.43. The van der Waals surface area contributed by atoms with Crippen molar-refractivity contribution in [3.8, 4) is 11.5 Å². The van der Waals surface area contributed by atoms with Gasteiger partial charge in [0.1, 0.15) is 5.75 Å². The fourth-order valence-electron chi connectivity index (χ4n) is 3.27. The Bertz CT molecular complexity index is 865. The second-order valence-electron chi connectivity index (χ2n) is 6.68. The summed E-state index contributed by atoms with van der Waals surface area (Å²) < 4.78 is 5.99. The smallest absolute Gasteiger partial charge is 0.244 e. The van der Waals surface area contributed by atoms with E-state index in [2.05, 4.69) is 25.8 Å². The third kappa shape index (κ3) is 4.73. The molecule has 1 fully saturated rings. The molecule has 0 saturated heterocycles. The van der Waals surface area contributed by atoms with E-state index in [4.69, 9.17) is 4.74 Å². The number of anilines is 3. The molecule has 1 heterocycles. The number of nitrogens with one attached hydrogen (secondary N) is 2. The lowest BCUT2D eigenvalue weighted by Gasteiger charge is -2.22. The summed E-state index contributed by atoms with van der Waals surface area (Å²) in [6.07, 6.45) is 7.77. The molecule has 6 nitrogen and oxygen atoms in total. The fourth-order valence-corrected chi connectivity index (χ4v) is 3.27. The summed E-state index contributed by atoms with van der Waals surface area (Å²) in [5.74, 6) is 2.71. The molecule has 4 rings (SSSR count). The van der Waals surface area contributed by atoms with Crippen LogP contribution in [0.3, 0.4) is 0 Å². The lowest BCUT2D eigenvalue weighted by atomic mass is 9.96. The van der Waals surface area contributed by atoms with E-state index in [1.54, 1.807) is 6.20 Å². The average Bonchev–Trinajstić information content (AvgIpc) is 2.71. The number of para-hydroxylation sites is 3. The van der Waals surface area contributed by atoms with Crippen molar-refractivity contribution in [2.24, 2.45) is 0 Å². The average molecular weight is 361 g/mol. The lowest BCUT2D eigenvalue weighted by molar-refractivity contribution is 0.460. The van der Waals surface area contributed by atoms with Crippen molar-refractivity contribution in [2.45, 2.75) is 38.1 Å². The molecule has 6 heteroatoms. The van der Waals surface area contributed by atoms with Crippen molar-refractivity contribution in [2.75, 3.05) is 10.6 Å². The normalized spacial score (nSPS) is 14.5. The standard InChI is InChI=1S/C21H23N5O/c1-3-9-16(10-4-1)23-21-25-20(15-22-26-21)24-18-13-7-8-14-19(18)27-17-11-5-2-6-12-17/h2,5-8,11-16H,1,3-4,9-10H2,(H2,23,24,25,26). The van der Waals surface area contributed by atoms with Crippen LogP contribution in [-0.4, -0.2) is 21.2 Å². The second-order valence-corrected chi connectivity index (χ2v) is 6.68. The van der Waals surface area contributed by atoms with Gasteiger partial charge in [-0.3, -0.25) is 0 Å². The molecule has 0 bridgehead atoms. The molecule has 1 aliphatic rings. The van der Waals surface area contributed by atoms with Crippen molar-refractivity contribution < 1.29 is 4.74 Å². The second kappa shape index (κ2) is 8.49. The summed E-state index contributed by atoms with van der Waals surface area (Å²) in [4.78, 5) is 4.56. The monoisotopic (exact) mass is 361 g/mol. The van der Waals surface area contributed by atoms with Crippen LogP contribution in [0.15, 0.2) is 60.8 Å². The number of aromatic nitrogens is 3. The molecule has 1 saturated carbocycles. The third-order valence-corrected chi connectivity index (χ3v) is 4.62. The molecule has 0 radical (unpaired) electrons. The lowest BCUT2D eigenvalue weighted by Crippen LogP contribution is -2.23. The van der Waals surface area contributed by atoms with Gasteiger partial charge in [0.15, 0.2) is 11.6 Å². The minimum absolute atomic E-state index is 0.435. The highest BCUT2D eigenvalue weighted by Crippen LogP contribution is 2.31. The maximum absolute atomic E-state index is 5.99.